The molecule has 0 amide bonds. The highest BCUT2D eigenvalue weighted by Crippen LogP contribution is 2.08. The highest BCUT2D eigenvalue weighted by atomic mass is 16.5. The Kier molecular flexibility index (Phi) is 4.31. The van der Waals surface area contributed by atoms with Crippen LogP contribution in [0.5, 0.6) is 0 Å². The first-order valence-corrected chi connectivity index (χ1v) is 5.26. The van der Waals surface area contributed by atoms with Gasteiger partial charge >= 0.3 is 0 Å². The lowest BCUT2D eigenvalue weighted by Gasteiger charge is -2.33. The van der Waals surface area contributed by atoms with Gasteiger partial charge in [0.05, 0.1) is 12.2 Å². The van der Waals surface area contributed by atoms with Crippen molar-refractivity contribution in [2.75, 3.05) is 32.8 Å². The number of hydrogen-bond acceptors (Lipinski definition) is 4. The van der Waals surface area contributed by atoms with Crippen molar-refractivity contribution >= 4 is 0 Å². The van der Waals surface area contributed by atoms with E-state index in [0.717, 1.165) is 26.2 Å². The van der Waals surface area contributed by atoms with Crippen LogP contribution < -0.4 is 5.32 Å². The quantitative estimate of drug-likeness (QED) is 0.677. The van der Waals surface area contributed by atoms with Gasteiger partial charge in [0, 0.05) is 26.2 Å². The van der Waals surface area contributed by atoms with Crippen LogP contribution in [0, 0.1) is 0 Å². The van der Waals surface area contributed by atoms with Crippen molar-refractivity contribution in [3.05, 3.63) is 0 Å². The lowest BCUT2D eigenvalue weighted by Crippen LogP contribution is -2.50. The van der Waals surface area contributed by atoms with Crippen molar-refractivity contribution in [2.24, 2.45) is 0 Å². The number of nitrogens with one attached hydrogen (secondary N) is 1. The molecular weight excluding hydrogens is 180 g/mol. The van der Waals surface area contributed by atoms with Crippen molar-refractivity contribution in [2.45, 2.75) is 32.6 Å². The first kappa shape index (κ1) is 11.9. The van der Waals surface area contributed by atoms with Crippen LogP contribution in [-0.2, 0) is 4.74 Å². The monoisotopic (exact) mass is 202 g/mol. The van der Waals surface area contributed by atoms with E-state index < -0.39 is 6.23 Å². The predicted octanol–water partition coefficient (Wildman–Crippen LogP) is 0.0251. The molecule has 1 aliphatic rings. The molecule has 14 heavy (non-hydrogen) atoms. The van der Waals surface area contributed by atoms with Crippen LogP contribution in [0.25, 0.3) is 0 Å². The Hall–Kier alpha value is -0.160. The smallest absolute Gasteiger partial charge is 0.131 e. The van der Waals surface area contributed by atoms with Crippen LogP contribution in [0.15, 0.2) is 0 Å². The summed E-state index contributed by atoms with van der Waals surface area (Å²) in [6, 6.07) is 0. The molecule has 4 heteroatoms. The van der Waals surface area contributed by atoms with Gasteiger partial charge in [-0.1, -0.05) is 0 Å². The van der Waals surface area contributed by atoms with Crippen molar-refractivity contribution in [3.8, 4) is 0 Å². The van der Waals surface area contributed by atoms with E-state index in [1.54, 1.807) is 0 Å². The van der Waals surface area contributed by atoms with E-state index in [1.165, 1.54) is 0 Å². The fourth-order valence-corrected chi connectivity index (χ4v) is 1.41. The van der Waals surface area contributed by atoms with E-state index in [0.29, 0.717) is 6.61 Å². The molecule has 84 valence electrons. The van der Waals surface area contributed by atoms with Crippen molar-refractivity contribution in [3.63, 3.8) is 0 Å². The third-order valence-electron chi connectivity index (χ3n) is 2.24. The number of rotatable bonds is 3. The SMILES string of the molecule is CC(C)(C)OC[C@@H](O)N1CCNCC1. The Labute approximate surface area is 86.2 Å². The number of nitrogens with zero attached hydrogens (tertiary/aromatic N) is 1. The topological polar surface area (TPSA) is 44.7 Å². The molecular formula is C10H22N2O2. The van der Waals surface area contributed by atoms with Crippen LogP contribution in [0.2, 0.25) is 0 Å². The van der Waals surface area contributed by atoms with Crippen molar-refractivity contribution in [1.82, 2.24) is 10.2 Å². The fourth-order valence-electron chi connectivity index (χ4n) is 1.41. The Morgan fingerprint density at radius 3 is 2.43 bits per heavy atom. The second-order valence-corrected chi connectivity index (χ2v) is 4.69. The summed E-state index contributed by atoms with van der Waals surface area (Å²) >= 11 is 0. The molecule has 1 fully saturated rings. The molecule has 0 bridgehead atoms. The number of aliphatic hydroxyl groups is 1. The molecule has 1 heterocycles. The number of hydrogen-bond donors (Lipinski definition) is 2. The second-order valence-electron chi connectivity index (χ2n) is 4.69. The summed E-state index contributed by atoms with van der Waals surface area (Å²) in [6.07, 6.45) is -0.462. The molecule has 0 aromatic heterocycles. The van der Waals surface area contributed by atoms with Gasteiger partial charge in [0.25, 0.3) is 0 Å². The zero-order valence-corrected chi connectivity index (χ0v) is 9.42. The largest absolute Gasteiger partial charge is 0.376 e. The highest BCUT2D eigenvalue weighted by Gasteiger charge is 2.20. The summed E-state index contributed by atoms with van der Waals surface area (Å²) in [4.78, 5) is 2.04. The minimum absolute atomic E-state index is 0.172. The van der Waals surface area contributed by atoms with Crippen molar-refractivity contribution < 1.29 is 9.84 Å². The van der Waals surface area contributed by atoms with Gasteiger partial charge in [0.2, 0.25) is 0 Å². The van der Waals surface area contributed by atoms with Crippen LogP contribution in [0.3, 0.4) is 0 Å². The lowest BCUT2D eigenvalue weighted by molar-refractivity contribution is -0.104. The molecule has 0 aliphatic carbocycles. The molecule has 1 atom stereocenters. The summed E-state index contributed by atoms with van der Waals surface area (Å²) < 4.78 is 5.53. The van der Waals surface area contributed by atoms with Gasteiger partial charge in [-0.3, -0.25) is 4.90 Å². The third-order valence-corrected chi connectivity index (χ3v) is 2.24. The number of ether oxygens (including phenoxy) is 1. The maximum Gasteiger partial charge on any atom is 0.131 e. The first-order valence-electron chi connectivity index (χ1n) is 5.26. The maximum absolute atomic E-state index is 9.81. The van der Waals surface area contributed by atoms with Crippen LogP contribution in [0.4, 0.5) is 0 Å². The van der Waals surface area contributed by atoms with Gasteiger partial charge in [-0.15, -0.1) is 0 Å². The van der Waals surface area contributed by atoms with Crippen LogP contribution in [-0.4, -0.2) is 54.6 Å². The zero-order valence-electron chi connectivity index (χ0n) is 9.42. The minimum atomic E-state index is -0.462. The van der Waals surface area contributed by atoms with E-state index >= 15 is 0 Å². The molecule has 0 saturated carbocycles. The fraction of sp³-hybridized carbons (Fsp3) is 1.00. The van der Waals surface area contributed by atoms with Gasteiger partial charge in [-0.25, -0.2) is 0 Å². The summed E-state index contributed by atoms with van der Waals surface area (Å²) in [5.41, 5.74) is -0.172. The molecule has 0 aromatic rings. The molecule has 1 saturated heterocycles. The minimum Gasteiger partial charge on any atom is -0.376 e. The Morgan fingerprint density at radius 2 is 1.93 bits per heavy atom. The lowest BCUT2D eigenvalue weighted by atomic mass is 10.2. The summed E-state index contributed by atoms with van der Waals surface area (Å²) in [5.74, 6) is 0. The van der Waals surface area contributed by atoms with E-state index in [-0.39, 0.29) is 5.60 Å². The maximum atomic E-state index is 9.81. The average molecular weight is 202 g/mol. The van der Waals surface area contributed by atoms with E-state index in [9.17, 15) is 5.11 Å². The van der Waals surface area contributed by atoms with E-state index in [4.69, 9.17) is 4.74 Å². The average Bonchev–Trinajstić information content (AvgIpc) is 2.14. The normalized spacial score (nSPS) is 22.3. The summed E-state index contributed by atoms with van der Waals surface area (Å²) in [5, 5.41) is 13.1. The van der Waals surface area contributed by atoms with E-state index in [2.05, 4.69) is 5.32 Å². The van der Waals surface area contributed by atoms with Gasteiger partial charge in [0.1, 0.15) is 6.23 Å². The van der Waals surface area contributed by atoms with Gasteiger partial charge < -0.3 is 15.2 Å². The molecule has 1 aliphatic heterocycles. The van der Waals surface area contributed by atoms with Gasteiger partial charge in [-0.05, 0) is 20.8 Å². The highest BCUT2D eigenvalue weighted by molar-refractivity contribution is 4.70. The van der Waals surface area contributed by atoms with Gasteiger partial charge in [-0.2, -0.15) is 0 Å². The van der Waals surface area contributed by atoms with Crippen LogP contribution in [0.1, 0.15) is 20.8 Å². The molecule has 4 nitrogen and oxygen atoms in total. The standard InChI is InChI=1S/C10H22N2O2/c1-10(2,3)14-8-9(13)12-6-4-11-5-7-12/h9,11,13H,4-8H2,1-3H3/t9-/m1/s1. The molecule has 0 radical (unpaired) electrons. The number of aliphatic hydroxyl groups excluding tert-OH is 1. The molecule has 0 aromatic carbocycles. The van der Waals surface area contributed by atoms with Crippen molar-refractivity contribution in [1.29, 1.82) is 0 Å². The summed E-state index contributed by atoms with van der Waals surface area (Å²) in [6.45, 7) is 10.1. The Balaban J connectivity index is 2.23. The Bertz CT molecular complexity index is 162. The second kappa shape index (κ2) is 5.07. The summed E-state index contributed by atoms with van der Waals surface area (Å²) in [7, 11) is 0. The Morgan fingerprint density at radius 1 is 1.36 bits per heavy atom. The van der Waals surface area contributed by atoms with E-state index in [1.807, 2.05) is 25.7 Å². The third kappa shape index (κ3) is 4.37. The molecule has 2 N–H and O–H groups in total. The first-order chi connectivity index (χ1) is 6.49. The van der Waals surface area contributed by atoms with Crippen LogP contribution >= 0.6 is 0 Å². The predicted molar refractivity (Wildman–Crippen MR) is 56.2 cm³/mol. The molecule has 0 spiro atoms. The zero-order chi connectivity index (χ0) is 10.6. The molecule has 1 rings (SSSR count). The molecule has 0 unspecified atom stereocenters. The number of piperazine rings is 1. The van der Waals surface area contributed by atoms with Gasteiger partial charge in [0.15, 0.2) is 0 Å².